The van der Waals surface area contributed by atoms with Gasteiger partial charge in [0.05, 0.1) is 11.3 Å². The summed E-state index contributed by atoms with van der Waals surface area (Å²) >= 11 is 0. The predicted octanol–water partition coefficient (Wildman–Crippen LogP) is 4.55. The molecule has 2 unspecified atom stereocenters. The Balaban J connectivity index is 0.000000208. The first kappa shape index (κ1) is 30.0. The van der Waals surface area contributed by atoms with E-state index in [4.69, 9.17) is 9.84 Å². The highest BCUT2D eigenvalue weighted by molar-refractivity contribution is 5.60. The molecule has 3 aliphatic rings. The van der Waals surface area contributed by atoms with E-state index in [-0.39, 0.29) is 24.1 Å². The fraction of sp³-hybridized carbons (Fsp3) is 0.786. The molecule has 1 saturated heterocycles. The Hall–Kier alpha value is -1.55. The van der Waals surface area contributed by atoms with Gasteiger partial charge in [0.15, 0.2) is 0 Å². The van der Waals surface area contributed by atoms with Gasteiger partial charge >= 0.3 is 6.18 Å². The van der Waals surface area contributed by atoms with E-state index < -0.39 is 11.7 Å². The molecule has 0 bridgehead atoms. The van der Waals surface area contributed by atoms with Gasteiger partial charge in [0.1, 0.15) is 6.29 Å². The van der Waals surface area contributed by atoms with E-state index in [9.17, 15) is 18.0 Å². The molecule has 2 N–H and O–H groups in total. The van der Waals surface area contributed by atoms with Crippen LogP contribution in [0.1, 0.15) is 81.3 Å². The standard InChI is InChI=1S/C14H19F3N2O.C14H25NO2/c1-19-6-5-12-10(9-19)8-11(14(15,16)17)13(18-12)4-2-3-7-20;1-11(2)14(10-16)6-3-13(9-14)15-12-4-7-17-8-5-12/h8,20H,2-7,9H2,1H3;10-13,15H,3-9H2,1-2H3. The minimum Gasteiger partial charge on any atom is -0.396 e. The highest BCUT2D eigenvalue weighted by atomic mass is 19.4. The van der Waals surface area contributed by atoms with Gasteiger partial charge in [-0.2, -0.15) is 13.2 Å². The average Bonchev–Trinajstić information content (AvgIpc) is 3.29. The average molecular weight is 528 g/mol. The number of aldehydes is 1. The van der Waals surface area contributed by atoms with Crippen molar-refractivity contribution in [3.63, 3.8) is 0 Å². The number of ether oxygens (including phenoxy) is 1. The maximum absolute atomic E-state index is 13.1. The SMILES string of the molecule is CC(C)C1(C=O)CCC(NC2CCOCC2)C1.CN1CCc2nc(CCCCO)c(C(F)(F)F)cc2C1. The first-order chi connectivity index (χ1) is 17.6. The van der Waals surface area contributed by atoms with Gasteiger partial charge in [0.2, 0.25) is 0 Å². The Morgan fingerprint density at radius 2 is 1.97 bits per heavy atom. The van der Waals surface area contributed by atoms with E-state index in [1.54, 1.807) is 0 Å². The molecule has 210 valence electrons. The van der Waals surface area contributed by atoms with Crippen LogP contribution in [0.15, 0.2) is 6.07 Å². The molecule has 0 spiro atoms. The number of nitrogens with zero attached hydrogens (tertiary/aromatic N) is 2. The molecule has 1 aromatic heterocycles. The van der Waals surface area contributed by atoms with Gasteiger partial charge in [-0.3, -0.25) is 4.98 Å². The number of rotatable bonds is 8. The number of pyridine rings is 1. The molecule has 0 radical (unpaired) electrons. The molecular weight excluding hydrogens is 483 g/mol. The third kappa shape index (κ3) is 8.22. The van der Waals surface area contributed by atoms with Crippen LogP contribution >= 0.6 is 0 Å². The number of carbonyl (C=O) groups excluding carboxylic acids is 1. The van der Waals surface area contributed by atoms with Crippen molar-refractivity contribution in [1.29, 1.82) is 0 Å². The summed E-state index contributed by atoms with van der Waals surface area (Å²) in [4.78, 5) is 17.6. The minimum atomic E-state index is -4.37. The summed E-state index contributed by atoms with van der Waals surface area (Å²) in [5.74, 6) is 0.460. The second-order valence-corrected chi connectivity index (χ2v) is 11.3. The Labute approximate surface area is 219 Å². The smallest absolute Gasteiger partial charge is 0.396 e. The van der Waals surface area contributed by atoms with E-state index in [1.165, 1.54) is 12.4 Å². The Bertz CT molecular complexity index is 874. The zero-order valence-electron chi connectivity index (χ0n) is 22.6. The van der Waals surface area contributed by atoms with E-state index in [2.05, 4.69) is 24.1 Å². The number of aliphatic hydroxyl groups excluding tert-OH is 1. The van der Waals surface area contributed by atoms with Crippen molar-refractivity contribution in [1.82, 2.24) is 15.2 Å². The van der Waals surface area contributed by atoms with Crippen LogP contribution in [0.2, 0.25) is 0 Å². The van der Waals surface area contributed by atoms with Gasteiger partial charge in [-0.15, -0.1) is 0 Å². The number of hydrogen-bond acceptors (Lipinski definition) is 6. The lowest BCUT2D eigenvalue weighted by Crippen LogP contribution is -2.41. The molecule has 0 amide bonds. The van der Waals surface area contributed by atoms with E-state index in [1.807, 2.05) is 11.9 Å². The highest BCUT2D eigenvalue weighted by Gasteiger charge is 2.42. The minimum absolute atomic E-state index is 0.00289. The van der Waals surface area contributed by atoms with E-state index in [0.29, 0.717) is 49.4 Å². The van der Waals surface area contributed by atoms with Crippen LogP contribution in [0.3, 0.4) is 0 Å². The fourth-order valence-electron chi connectivity index (χ4n) is 5.71. The van der Waals surface area contributed by atoms with Crippen LogP contribution in [0.4, 0.5) is 13.2 Å². The summed E-state index contributed by atoms with van der Waals surface area (Å²) in [5, 5.41) is 12.5. The summed E-state index contributed by atoms with van der Waals surface area (Å²) in [7, 11) is 1.89. The van der Waals surface area contributed by atoms with Gasteiger partial charge in [0.25, 0.3) is 0 Å². The van der Waals surface area contributed by atoms with Gasteiger partial charge in [-0.25, -0.2) is 0 Å². The topological polar surface area (TPSA) is 74.7 Å². The largest absolute Gasteiger partial charge is 0.418 e. The Morgan fingerprint density at radius 3 is 2.57 bits per heavy atom. The summed E-state index contributed by atoms with van der Waals surface area (Å²) < 4.78 is 44.7. The number of likely N-dealkylation sites (N-methyl/N-ethyl adjacent to an activating group) is 1. The maximum Gasteiger partial charge on any atom is 0.418 e. The van der Waals surface area contributed by atoms with Crippen molar-refractivity contribution in [3.05, 3.63) is 28.6 Å². The molecule has 2 atom stereocenters. The number of aromatic nitrogens is 1. The number of aryl methyl sites for hydroxylation is 1. The van der Waals surface area contributed by atoms with Crippen molar-refractivity contribution in [2.24, 2.45) is 11.3 Å². The van der Waals surface area contributed by atoms with E-state index in [0.717, 1.165) is 57.6 Å². The number of aliphatic hydroxyl groups is 1. The summed E-state index contributed by atoms with van der Waals surface area (Å²) in [5.41, 5.74) is 0.897. The lowest BCUT2D eigenvalue weighted by molar-refractivity contribution is -0.138. The third-order valence-corrected chi connectivity index (χ3v) is 8.23. The van der Waals surface area contributed by atoms with Crippen molar-refractivity contribution in [3.8, 4) is 0 Å². The Kier molecular flexibility index (Phi) is 10.9. The molecule has 3 heterocycles. The summed E-state index contributed by atoms with van der Waals surface area (Å²) in [6.07, 6.45) is 4.27. The van der Waals surface area contributed by atoms with Crippen molar-refractivity contribution < 1.29 is 27.8 Å². The van der Waals surface area contributed by atoms with Crippen LogP contribution < -0.4 is 5.32 Å². The van der Waals surface area contributed by atoms with Gasteiger partial charge < -0.3 is 24.9 Å². The van der Waals surface area contributed by atoms with E-state index >= 15 is 0 Å². The first-order valence-corrected chi connectivity index (χ1v) is 13.8. The Morgan fingerprint density at radius 1 is 1.24 bits per heavy atom. The predicted molar refractivity (Wildman–Crippen MR) is 137 cm³/mol. The molecule has 1 aromatic rings. The first-order valence-electron chi connectivity index (χ1n) is 13.8. The summed E-state index contributed by atoms with van der Waals surface area (Å²) in [6, 6.07) is 2.39. The normalized spacial score (nSPS) is 25.0. The zero-order chi connectivity index (χ0) is 27.1. The molecule has 6 nitrogen and oxygen atoms in total. The maximum atomic E-state index is 13.1. The molecule has 2 fully saturated rings. The lowest BCUT2D eigenvalue weighted by Gasteiger charge is -2.29. The monoisotopic (exact) mass is 527 g/mol. The lowest BCUT2D eigenvalue weighted by atomic mass is 9.77. The van der Waals surface area contributed by atoms with Crippen molar-refractivity contribution in [2.75, 3.05) is 33.4 Å². The van der Waals surface area contributed by atoms with Crippen LogP contribution in [0.25, 0.3) is 0 Å². The second-order valence-electron chi connectivity index (χ2n) is 11.3. The number of carbonyl (C=O) groups is 1. The molecule has 1 aliphatic carbocycles. The molecule has 1 saturated carbocycles. The number of unbranched alkanes of at least 4 members (excludes halogenated alkanes) is 1. The second kappa shape index (κ2) is 13.5. The van der Waals surface area contributed by atoms with Crippen LogP contribution in [-0.2, 0) is 35.1 Å². The third-order valence-electron chi connectivity index (χ3n) is 8.23. The number of halogens is 3. The van der Waals surface area contributed by atoms with Crippen molar-refractivity contribution >= 4 is 6.29 Å². The van der Waals surface area contributed by atoms with Crippen LogP contribution in [0, 0.1) is 11.3 Å². The number of hydrogen-bond donors (Lipinski definition) is 2. The molecule has 37 heavy (non-hydrogen) atoms. The molecule has 0 aromatic carbocycles. The van der Waals surface area contributed by atoms with Crippen LogP contribution in [0.5, 0.6) is 0 Å². The molecular formula is C28H44F3N3O3. The number of fused-ring (bicyclic) bond motifs is 1. The molecule has 4 rings (SSSR count). The number of alkyl halides is 3. The van der Waals surface area contributed by atoms with Gasteiger partial charge in [-0.05, 0) is 76.0 Å². The molecule has 2 aliphatic heterocycles. The van der Waals surface area contributed by atoms with Crippen molar-refractivity contribution in [2.45, 2.75) is 96.4 Å². The molecule has 9 heteroatoms. The van der Waals surface area contributed by atoms with Gasteiger partial charge in [-0.1, -0.05) is 13.8 Å². The zero-order valence-corrected chi connectivity index (χ0v) is 22.6. The summed E-state index contributed by atoms with van der Waals surface area (Å²) in [6.45, 7) is 7.44. The van der Waals surface area contributed by atoms with Crippen LogP contribution in [-0.4, -0.2) is 66.8 Å². The highest BCUT2D eigenvalue weighted by Crippen LogP contribution is 2.42. The van der Waals surface area contributed by atoms with Gasteiger partial charge in [0, 0.05) is 62.5 Å². The number of nitrogens with one attached hydrogen (secondary N) is 1. The fourth-order valence-corrected chi connectivity index (χ4v) is 5.71. The quantitative estimate of drug-likeness (QED) is 0.382.